The molecule has 2 aromatic rings. The quantitative estimate of drug-likeness (QED) is 0.153. The molecule has 50 heavy (non-hydrogen) atoms. The minimum Gasteiger partial charge on any atom is -0.459 e. The van der Waals surface area contributed by atoms with Gasteiger partial charge in [-0.05, 0) is 70.4 Å². The summed E-state index contributed by atoms with van der Waals surface area (Å²) >= 11 is 0. The smallest absolute Gasteiger partial charge is 0.316 e. The van der Waals surface area contributed by atoms with Crippen LogP contribution in [0.4, 0.5) is 0 Å². The number of esters is 1. The molecule has 1 aliphatic carbocycles. The second kappa shape index (κ2) is 15.6. The largest absolute Gasteiger partial charge is 0.459 e. The van der Waals surface area contributed by atoms with Crippen LogP contribution >= 0.6 is 0 Å². The number of amides is 1. The third kappa shape index (κ3) is 8.39. The minimum absolute atomic E-state index is 0.0799. The normalized spacial score (nSPS) is 32.9. The standard InChI is InChI=1S/C38H55N5O7/c1-11-31-38(10,47)30(24(4)33(23(2)3)41-27(7)44)15-14-29(42-49-20-28-13-16-32(39-19-28)43-18-12-17-40-43)21-48-37(9)22-36(37,8)26(6)34(45)25(5)35(46)50-31/h12-13,16-19,23-26,30-31,47H,11,14-15,20-22H2,1-10H3/b41-33?,42-29+/t24-,25-,26+,30-,31-,36-,37-,38+/m1/s1. The molecule has 0 aromatic carbocycles. The van der Waals surface area contributed by atoms with Crippen molar-refractivity contribution in [2.45, 2.75) is 119 Å². The third-order valence-electron chi connectivity index (χ3n) is 11.2. The average molecular weight is 694 g/mol. The Bertz CT molecular complexity index is 1570. The van der Waals surface area contributed by atoms with E-state index in [1.807, 2.05) is 72.9 Å². The maximum Gasteiger partial charge on any atom is 0.316 e. The van der Waals surface area contributed by atoms with Crippen molar-refractivity contribution in [3.05, 3.63) is 42.4 Å². The van der Waals surface area contributed by atoms with E-state index in [0.717, 1.165) is 5.56 Å². The second-order valence-corrected chi connectivity index (χ2v) is 15.1. The zero-order chi connectivity index (χ0) is 37.0. The number of carbonyl (C=O) groups is 3. The van der Waals surface area contributed by atoms with Crippen LogP contribution in [-0.2, 0) is 35.3 Å². The lowest BCUT2D eigenvalue weighted by atomic mass is 9.70. The number of carbonyl (C=O) groups excluding carboxylic acids is 3. The number of fused-ring (bicyclic) bond motifs is 1. The Labute approximate surface area is 296 Å². The lowest BCUT2D eigenvalue weighted by Crippen LogP contribution is -2.52. The number of hydrogen-bond donors (Lipinski definition) is 1. The van der Waals surface area contributed by atoms with Crippen molar-refractivity contribution in [1.29, 1.82) is 0 Å². The van der Waals surface area contributed by atoms with Crippen molar-refractivity contribution in [1.82, 2.24) is 14.8 Å². The highest BCUT2D eigenvalue weighted by Gasteiger charge is 2.66. The Balaban J connectivity index is 1.69. The number of hydrogen-bond acceptors (Lipinski definition) is 10. The van der Waals surface area contributed by atoms with E-state index in [9.17, 15) is 19.5 Å². The molecule has 274 valence electrons. The molecule has 1 aliphatic heterocycles. The number of oxime groups is 1. The van der Waals surface area contributed by atoms with Gasteiger partial charge in [-0.1, -0.05) is 52.8 Å². The van der Waals surface area contributed by atoms with Gasteiger partial charge in [0.1, 0.15) is 30.0 Å². The topological polar surface area (TPSA) is 155 Å². The molecule has 0 radical (unpaired) electrons. The number of aromatic nitrogens is 3. The van der Waals surface area contributed by atoms with Crippen molar-refractivity contribution >= 4 is 29.1 Å². The Morgan fingerprint density at radius 3 is 2.48 bits per heavy atom. The maximum atomic E-state index is 13.7. The molecule has 1 saturated carbocycles. The highest BCUT2D eigenvalue weighted by Crippen LogP contribution is 2.63. The van der Waals surface area contributed by atoms with Gasteiger partial charge in [0, 0.05) is 54.0 Å². The van der Waals surface area contributed by atoms with E-state index in [1.54, 1.807) is 30.9 Å². The van der Waals surface area contributed by atoms with Gasteiger partial charge in [0.15, 0.2) is 5.82 Å². The molecular weight excluding hydrogens is 638 g/mol. The van der Waals surface area contributed by atoms with Crippen LogP contribution in [0.1, 0.15) is 100 Å². The molecule has 1 saturated heterocycles. The minimum atomic E-state index is -1.56. The molecule has 3 heterocycles. The Morgan fingerprint density at radius 1 is 1.18 bits per heavy atom. The van der Waals surface area contributed by atoms with E-state index in [-0.39, 0.29) is 36.7 Å². The number of aliphatic imine (C=N–C) groups is 1. The van der Waals surface area contributed by atoms with Crippen LogP contribution in [0.5, 0.6) is 0 Å². The highest BCUT2D eigenvalue weighted by molar-refractivity contribution is 6.00. The Hall–Kier alpha value is -3.77. The molecule has 4 rings (SSSR count). The molecule has 2 aliphatic rings. The second-order valence-electron chi connectivity index (χ2n) is 15.1. The fraction of sp³-hybridized carbons (Fsp3) is 0.658. The average Bonchev–Trinajstić information content (AvgIpc) is 3.37. The number of ether oxygens (including phenoxy) is 2. The summed E-state index contributed by atoms with van der Waals surface area (Å²) in [7, 11) is 0. The van der Waals surface area contributed by atoms with Gasteiger partial charge in [0.2, 0.25) is 5.91 Å². The van der Waals surface area contributed by atoms with Crippen LogP contribution in [0.2, 0.25) is 0 Å². The van der Waals surface area contributed by atoms with Gasteiger partial charge in [-0.2, -0.15) is 5.10 Å². The fourth-order valence-electron chi connectivity index (χ4n) is 7.53. The van der Waals surface area contributed by atoms with E-state index in [4.69, 9.17) is 14.3 Å². The van der Waals surface area contributed by atoms with E-state index in [2.05, 4.69) is 20.2 Å². The van der Waals surface area contributed by atoms with Crippen LogP contribution in [0.15, 0.2) is 46.9 Å². The molecular formula is C38H55N5O7. The number of cyclic esters (lactones) is 1. The summed E-state index contributed by atoms with van der Waals surface area (Å²) in [4.78, 5) is 54.1. The number of pyridine rings is 1. The van der Waals surface area contributed by atoms with Crippen LogP contribution in [0.3, 0.4) is 0 Å². The van der Waals surface area contributed by atoms with Gasteiger partial charge in [0.25, 0.3) is 0 Å². The number of Topliss-reactive ketones (excluding diaryl/α,β-unsaturated/α-hetero) is 1. The summed E-state index contributed by atoms with van der Waals surface area (Å²) in [5.74, 6) is -3.00. The number of ketones is 1. The van der Waals surface area contributed by atoms with E-state index < -0.39 is 46.4 Å². The van der Waals surface area contributed by atoms with Gasteiger partial charge in [-0.25, -0.2) is 14.7 Å². The number of aliphatic hydroxyl groups is 1. The predicted octanol–water partition coefficient (Wildman–Crippen LogP) is 5.93. The van der Waals surface area contributed by atoms with Gasteiger partial charge in [-0.3, -0.25) is 14.4 Å². The van der Waals surface area contributed by atoms with Gasteiger partial charge in [-0.15, -0.1) is 0 Å². The lowest BCUT2D eigenvalue weighted by molar-refractivity contribution is -0.178. The predicted molar refractivity (Wildman–Crippen MR) is 190 cm³/mol. The fourth-order valence-corrected chi connectivity index (χ4v) is 7.53. The Kier molecular flexibility index (Phi) is 12.2. The molecule has 2 aromatic heterocycles. The van der Waals surface area contributed by atoms with Crippen molar-refractivity contribution in [3.63, 3.8) is 0 Å². The first-order valence-electron chi connectivity index (χ1n) is 17.8. The molecule has 2 fully saturated rings. The van der Waals surface area contributed by atoms with Crippen molar-refractivity contribution in [2.75, 3.05) is 6.61 Å². The monoisotopic (exact) mass is 693 g/mol. The van der Waals surface area contributed by atoms with E-state index in [1.165, 1.54) is 6.92 Å². The lowest BCUT2D eigenvalue weighted by Gasteiger charge is -2.42. The van der Waals surface area contributed by atoms with Crippen molar-refractivity contribution in [2.24, 2.45) is 45.2 Å². The summed E-state index contributed by atoms with van der Waals surface area (Å²) in [6.45, 7) is 18.5. The van der Waals surface area contributed by atoms with Crippen LogP contribution in [-0.4, -0.2) is 72.9 Å². The summed E-state index contributed by atoms with van der Waals surface area (Å²) in [5, 5.41) is 21.1. The summed E-state index contributed by atoms with van der Waals surface area (Å²) < 4.78 is 14.2. The molecule has 12 nitrogen and oxygen atoms in total. The molecule has 0 spiro atoms. The SMILES string of the molecule is CC[C@H]1OC(=O)[C@H](C)C(=O)[C@H](C)[C@@]2(C)C[C@@]2(C)OC/C(=N/OCc2ccc(-n3cccn3)nc2)CC[C@H]([C@@H](C)C(=NC(C)=O)C(C)C)[C@]1(C)O. The zero-order valence-electron chi connectivity index (χ0n) is 31.3. The van der Waals surface area contributed by atoms with Crippen molar-refractivity contribution in [3.8, 4) is 5.82 Å². The van der Waals surface area contributed by atoms with Crippen LogP contribution < -0.4 is 0 Å². The van der Waals surface area contributed by atoms with Gasteiger partial charge < -0.3 is 19.4 Å². The molecule has 1 N–H and O–H groups in total. The van der Waals surface area contributed by atoms with Crippen LogP contribution in [0.25, 0.3) is 5.82 Å². The molecule has 8 atom stereocenters. The summed E-state index contributed by atoms with van der Waals surface area (Å²) in [5.41, 5.74) is -0.583. The first-order chi connectivity index (χ1) is 23.4. The van der Waals surface area contributed by atoms with E-state index >= 15 is 0 Å². The maximum absolute atomic E-state index is 13.7. The molecule has 1 amide bonds. The summed E-state index contributed by atoms with van der Waals surface area (Å²) in [6, 6.07) is 5.58. The Morgan fingerprint density at radius 2 is 1.90 bits per heavy atom. The third-order valence-corrected chi connectivity index (χ3v) is 11.2. The van der Waals surface area contributed by atoms with Crippen molar-refractivity contribution < 1.29 is 33.8 Å². The molecule has 0 bridgehead atoms. The zero-order valence-corrected chi connectivity index (χ0v) is 31.3. The van der Waals surface area contributed by atoms with Crippen LogP contribution in [0, 0.1) is 35.0 Å². The first kappa shape index (κ1) is 39.0. The highest BCUT2D eigenvalue weighted by atomic mass is 16.6. The first-order valence-corrected chi connectivity index (χ1v) is 17.8. The summed E-state index contributed by atoms with van der Waals surface area (Å²) in [6.07, 6.45) is 6.03. The van der Waals surface area contributed by atoms with Gasteiger partial charge >= 0.3 is 5.97 Å². The van der Waals surface area contributed by atoms with Gasteiger partial charge in [0.05, 0.1) is 17.9 Å². The number of nitrogens with zero attached hydrogens (tertiary/aromatic N) is 5. The molecule has 0 unspecified atom stereocenters. The molecule has 12 heteroatoms. The number of rotatable bonds is 8. The van der Waals surface area contributed by atoms with E-state index in [0.29, 0.717) is 42.9 Å².